The maximum absolute atomic E-state index is 14.4. The van der Waals surface area contributed by atoms with Crippen LogP contribution in [0.3, 0.4) is 0 Å². The van der Waals surface area contributed by atoms with Gasteiger partial charge in [0.1, 0.15) is 24.9 Å². The lowest BCUT2D eigenvalue weighted by molar-refractivity contribution is -0.114. The first kappa shape index (κ1) is 22.1. The number of aliphatic imine (C=N–C) groups is 1. The molecule has 2 aromatic carbocycles. The van der Waals surface area contributed by atoms with E-state index in [4.69, 9.17) is 25.9 Å². The first-order chi connectivity index (χ1) is 14.9. The maximum Gasteiger partial charge on any atom is 0.273 e. The molecule has 1 atom stereocenters. The fourth-order valence-corrected chi connectivity index (χ4v) is 2.85. The molecular formula is C21H20ClFN4O4. The number of carbonyl (C=O) groups is 1. The molecule has 162 valence electrons. The van der Waals surface area contributed by atoms with E-state index in [1.54, 1.807) is 49.4 Å². The van der Waals surface area contributed by atoms with Crippen molar-refractivity contribution >= 4 is 29.6 Å². The predicted octanol–water partition coefficient (Wildman–Crippen LogP) is 3.60. The van der Waals surface area contributed by atoms with Crippen LogP contribution in [-0.2, 0) is 9.63 Å². The SMILES string of the molecule is CNC(=O)C(=NOC)c1ccccc1OC1C=C(Oc2cccc(Cl)c2C)N=CN1F. The highest BCUT2D eigenvalue weighted by Crippen LogP contribution is 2.28. The van der Waals surface area contributed by atoms with Crippen LogP contribution >= 0.6 is 11.6 Å². The summed E-state index contributed by atoms with van der Waals surface area (Å²) in [5, 5.41) is 7.04. The third-order valence-electron chi connectivity index (χ3n) is 4.27. The van der Waals surface area contributed by atoms with E-state index in [-0.39, 0.29) is 22.5 Å². The number of hydrogen-bond acceptors (Lipinski definition) is 7. The van der Waals surface area contributed by atoms with Gasteiger partial charge in [-0.25, -0.2) is 4.99 Å². The minimum absolute atomic E-state index is 0.0227. The van der Waals surface area contributed by atoms with Gasteiger partial charge in [0.05, 0.1) is 5.56 Å². The second kappa shape index (κ2) is 9.94. The number of nitrogens with one attached hydrogen (secondary N) is 1. The number of halogens is 2. The Morgan fingerprint density at radius 1 is 1.23 bits per heavy atom. The number of rotatable bonds is 7. The van der Waals surface area contributed by atoms with E-state index < -0.39 is 12.1 Å². The molecule has 2 aromatic rings. The Labute approximate surface area is 183 Å². The summed E-state index contributed by atoms with van der Waals surface area (Å²) in [6.45, 7) is 1.80. The zero-order valence-corrected chi connectivity index (χ0v) is 17.8. The van der Waals surface area contributed by atoms with Gasteiger partial charge in [-0.15, -0.1) is 0 Å². The van der Waals surface area contributed by atoms with Crippen molar-refractivity contribution in [3.05, 3.63) is 70.6 Å². The van der Waals surface area contributed by atoms with Gasteiger partial charge in [0.25, 0.3) is 5.91 Å². The van der Waals surface area contributed by atoms with Crippen molar-refractivity contribution in [2.24, 2.45) is 10.1 Å². The van der Waals surface area contributed by atoms with E-state index in [9.17, 15) is 9.28 Å². The largest absolute Gasteiger partial charge is 0.463 e. The summed E-state index contributed by atoms with van der Waals surface area (Å²) in [4.78, 5) is 20.9. The van der Waals surface area contributed by atoms with Gasteiger partial charge in [-0.05, 0) is 31.2 Å². The summed E-state index contributed by atoms with van der Waals surface area (Å²) in [6.07, 6.45) is 1.08. The number of oxime groups is 1. The molecule has 0 aromatic heterocycles. The summed E-state index contributed by atoms with van der Waals surface area (Å²) in [5.41, 5.74) is 1.02. The van der Waals surface area contributed by atoms with E-state index in [1.807, 2.05) is 0 Å². The van der Waals surface area contributed by atoms with Crippen LogP contribution in [0.4, 0.5) is 4.48 Å². The molecule has 0 spiro atoms. The van der Waals surface area contributed by atoms with Gasteiger partial charge in [0.2, 0.25) is 12.1 Å². The fourth-order valence-electron chi connectivity index (χ4n) is 2.69. The molecule has 1 unspecified atom stereocenters. The standard InChI is InChI=1S/C21H20ClFN4O4/c1-13-15(22)8-6-10-16(13)30-18-11-19(27(23)12-25-18)31-17-9-5-4-7-14(17)20(26-29-3)21(28)24-2/h4-12,19H,1-3H3,(H,24,28). The molecule has 1 amide bonds. The van der Waals surface area contributed by atoms with Gasteiger partial charge in [0.15, 0.2) is 5.71 Å². The van der Waals surface area contributed by atoms with Crippen LogP contribution in [0.25, 0.3) is 0 Å². The lowest BCUT2D eigenvalue weighted by Crippen LogP contribution is -2.35. The molecular weight excluding hydrogens is 427 g/mol. The van der Waals surface area contributed by atoms with Crippen LogP contribution in [-0.4, -0.2) is 43.5 Å². The number of para-hydroxylation sites is 1. The van der Waals surface area contributed by atoms with E-state index in [0.717, 1.165) is 11.9 Å². The van der Waals surface area contributed by atoms with Gasteiger partial charge in [-0.2, -0.15) is 5.12 Å². The first-order valence-corrected chi connectivity index (χ1v) is 9.54. The Morgan fingerprint density at radius 3 is 2.71 bits per heavy atom. The topological polar surface area (TPSA) is 84.8 Å². The maximum atomic E-state index is 14.4. The number of hydrogen-bond donors (Lipinski definition) is 1. The lowest BCUT2D eigenvalue weighted by Gasteiger charge is -2.24. The molecule has 0 saturated heterocycles. The molecule has 0 fully saturated rings. The smallest absolute Gasteiger partial charge is 0.273 e. The Bertz CT molecular complexity index is 1060. The molecule has 0 radical (unpaired) electrons. The molecule has 0 saturated carbocycles. The Kier molecular flexibility index (Phi) is 7.09. The third kappa shape index (κ3) is 5.13. The lowest BCUT2D eigenvalue weighted by atomic mass is 10.1. The molecule has 1 aliphatic heterocycles. The van der Waals surface area contributed by atoms with Gasteiger partial charge < -0.3 is 19.6 Å². The van der Waals surface area contributed by atoms with Crippen LogP contribution in [0.2, 0.25) is 5.02 Å². The molecule has 0 aliphatic carbocycles. The zero-order valence-electron chi connectivity index (χ0n) is 17.0. The molecule has 1 N–H and O–H groups in total. The molecule has 31 heavy (non-hydrogen) atoms. The van der Waals surface area contributed by atoms with Crippen molar-refractivity contribution in [2.45, 2.75) is 13.2 Å². The third-order valence-corrected chi connectivity index (χ3v) is 4.68. The molecule has 8 nitrogen and oxygen atoms in total. The number of amides is 1. The van der Waals surface area contributed by atoms with Crippen LogP contribution in [0.5, 0.6) is 11.5 Å². The second-order valence-electron chi connectivity index (χ2n) is 6.26. The van der Waals surface area contributed by atoms with Gasteiger partial charge in [-0.1, -0.05) is 39.4 Å². The van der Waals surface area contributed by atoms with Crippen molar-refractivity contribution in [3.63, 3.8) is 0 Å². The van der Waals surface area contributed by atoms with E-state index in [2.05, 4.69) is 15.5 Å². The Balaban J connectivity index is 1.88. The summed E-state index contributed by atoms with van der Waals surface area (Å²) in [5.74, 6) is 0.325. The van der Waals surface area contributed by atoms with Crippen molar-refractivity contribution in [1.82, 2.24) is 10.4 Å². The minimum atomic E-state index is -1.21. The summed E-state index contributed by atoms with van der Waals surface area (Å²) < 4.78 is 26.0. The Hall–Kier alpha value is -3.59. The second-order valence-corrected chi connectivity index (χ2v) is 6.67. The number of benzene rings is 2. The number of nitrogens with zero attached hydrogens (tertiary/aromatic N) is 3. The average Bonchev–Trinajstić information content (AvgIpc) is 2.77. The molecule has 3 rings (SSSR count). The normalized spacial score (nSPS) is 15.9. The van der Waals surface area contributed by atoms with Gasteiger partial charge in [0, 0.05) is 23.7 Å². The molecule has 1 aliphatic rings. The van der Waals surface area contributed by atoms with Gasteiger partial charge >= 0.3 is 0 Å². The minimum Gasteiger partial charge on any atom is -0.463 e. The highest BCUT2D eigenvalue weighted by atomic mass is 35.5. The van der Waals surface area contributed by atoms with Crippen molar-refractivity contribution in [2.75, 3.05) is 14.2 Å². The van der Waals surface area contributed by atoms with Crippen LogP contribution in [0.15, 0.2) is 64.6 Å². The summed E-state index contributed by atoms with van der Waals surface area (Å²) >= 11 is 6.12. The molecule has 0 bridgehead atoms. The average molecular weight is 447 g/mol. The van der Waals surface area contributed by atoms with Crippen molar-refractivity contribution in [3.8, 4) is 11.5 Å². The predicted molar refractivity (Wildman–Crippen MR) is 115 cm³/mol. The first-order valence-electron chi connectivity index (χ1n) is 9.17. The highest BCUT2D eigenvalue weighted by Gasteiger charge is 2.25. The summed E-state index contributed by atoms with van der Waals surface area (Å²) in [6, 6.07) is 11.8. The molecule has 10 heteroatoms. The monoisotopic (exact) mass is 446 g/mol. The van der Waals surface area contributed by atoms with E-state index in [0.29, 0.717) is 16.3 Å². The quantitative estimate of drug-likeness (QED) is 0.399. The molecule has 1 heterocycles. The summed E-state index contributed by atoms with van der Waals surface area (Å²) in [7, 11) is 2.78. The number of ether oxygens (including phenoxy) is 2. The number of carbonyl (C=O) groups excluding carboxylic acids is 1. The number of likely N-dealkylation sites (N-methyl/N-ethyl adjacent to an activating group) is 1. The van der Waals surface area contributed by atoms with Crippen LogP contribution in [0.1, 0.15) is 11.1 Å². The fraction of sp³-hybridized carbons (Fsp3) is 0.190. The van der Waals surface area contributed by atoms with Crippen molar-refractivity contribution in [1.29, 1.82) is 0 Å². The highest BCUT2D eigenvalue weighted by molar-refractivity contribution is 6.45. The van der Waals surface area contributed by atoms with E-state index >= 15 is 0 Å². The van der Waals surface area contributed by atoms with Crippen molar-refractivity contribution < 1.29 is 23.6 Å². The van der Waals surface area contributed by atoms with Crippen LogP contribution < -0.4 is 14.8 Å². The Morgan fingerprint density at radius 2 is 1.97 bits per heavy atom. The van der Waals surface area contributed by atoms with E-state index in [1.165, 1.54) is 20.2 Å². The van der Waals surface area contributed by atoms with Crippen LogP contribution in [0, 0.1) is 6.92 Å². The zero-order chi connectivity index (χ0) is 22.4. The van der Waals surface area contributed by atoms with Gasteiger partial charge in [-0.3, -0.25) is 4.79 Å².